The van der Waals surface area contributed by atoms with E-state index in [9.17, 15) is 38.8 Å². The van der Waals surface area contributed by atoms with Crippen molar-refractivity contribution in [1.29, 1.82) is 0 Å². The molecule has 12 aromatic rings. The molecule has 5 fully saturated rings. The number of thiazole rings is 4. The molecule has 8 aromatic heterocycles. The van der Waals surface area contributed by atoms with Crippen molar-refractivity contribution in [3.63, 3.8) is 0 Å². The largest absolute Gasteiger partial charge is 0.489 e. The van der Waals surface area contributed by atoms with E-state index in [1.807, 2.05) is 138 Å². The number of rotatable bonds is 30. The highest BCUT2D eigenvalue weighted by molar-refractivity contribution is 7.90. The quantitative estimate of drug-likeness (QED) is 0.0199. The number of piperidine rings is 1. The number of aliphatic hydroxyl groups excluding tert-OH is 1. The number of aromatic nitrogens is 8. The first-order valence-electron chi connectivity index (χ1n) is 45.0. The van der Waals surface area contributed by atoms with Gasteiger partial charge in [-0.05, 0) is 236 Å². The summed E-state index contributed by atoms with van der Waals surface area (Å²) in [6.45, 7) is 35.5. The van der Waals surface area contributed by atoms with Crippen molar-refractivity contribution < 1.29 is 57.7 Å². The SMILES string of the molecule is CC(C)Oc1ccc(S(N)(=O)=O)cc1Nc1nc(-c2ccc(N3CCC(O)CC3)nc2)cs1.CC(C)Oc1ccc(S(N)(=O)=O)cc1Nc1nc(-c2ccc(N3CCN(CC4CC4)CC3)nc2)cs1.CC(C)Oc1ccc(S(N)(=O)=O)cc1Nc1nc(-c2ccc(N3CCNC(C)(C)C3)nc2)cs1.CC(C)Oc1ccc(S(N)(=O)=O)cc1Nc1nc(-c2ccc(N3C[C@@H](C)N[C@@H](C)C3)nc2)cs1. The zero-order chi connectivity index (χ0) is 97.8. The van der Waals surface area contributed by atoms with E-state index in [1.54, 1.807) is 30.5 Å². The Morgan fingerprint density at radius 1 is 0.409 bits per heavy atom. The van der Waals surface area contributed by atoms with Crippen LogP contribution in [0.3, 0.4) is 0 Å². The molecule has 17 rings (SSSR count). The number of primary sulfonamides is 4. The van der Waals surface area contributed by atoms with Crippen LogP contribution in [0.5, 0.6) is 23.0 Å². The van der Waals surface area contributed by atoms with Gasteiger partial charge in [0.15, 0.2) is 20.5 Å². The number of aliphatic hydroxyl groups is 1. The maximum Gasteiger partial charge on any atom is 0.238 e. The van der Waals surface area contributed by atoms with E-state index in [1.165, 1.54) is 113 Å². The molecule has 5 aliphatic rings. The zero-order valence-corrected chi connectivity index (χ0v) is 84.9. The van der Waals surface area contributed by atoms with Gasteiger partial charge in [-0.2, -0.15) is 0 Å². The fourth-order valence-electron chi connectivity index (χ4n) is 15.5. The van der Waals surface area contributed by atoms with Gasteiger partial charge in [0.25, 0.3) is 0 Å². The van der Waals surface area contributed by atoms with Crippen molar-refractivity contribution in [1.82, 2.24) is 55.4 Å². The van der Waals surface area contributed by atoms with Gasteiger partial charge < -0.3 is 75.6 Å². The lowest BCUT2D eigenvalue weighted by atomic mass is 10.0. The highest BCUT2D eigenvalue weighted by atomic mass is 32.2. The summed E-state index contributed by atoms with van der Waals surface area (Å²) in [4.78, 5) is 48.9. The molecule has 0 spiro atoms. The molecule has 0 radical (unpaired) electrons. The predicted octanol–water partition coefficient (Wildman–Crippen LogP) is 14.4. The van der Waals surface area contributed by atoms with Crippen LogP contribution in [0, 0.1) is 5.92 Å². The Kier molecular flexibility index (Phi) is 33.1. The lowest BCUT2D eigenvalue weighted by Crippen LogP contribution is -2.57. The normalized spacial score (nSPS) is 16.7. The van der Waals surface area contributed by atoms with Crippen LogP contribution in [0.15, 0.2) is 187 Å². The fourth-order valence-corrected chi connectivity index (χ4v) is 20.6. The molecule has 36 nitrogen and oxygen atoms in total. The van der Waals surface area contributed by atoms with Crippen LogP contribution in [0.25, 0.3) is 45.0 Å². The number of anilines is 12. The van der Waals surface area contributed by atoms with Crippen LogP contribution < -0.4 is 91.0 Å². The molecule has 4 aliphatic heterocycles. The molecule has 0 bridgehead atoms. The maximum atomic E-state index is 11.8. The molecular formula is C93H119N23O13S8. The van der Waals surface area contributed by atoms with Gasteiger partial charge in [-0.25, -0.2) is 94.1 Å². The van der Waals surface area contributed by atoms with Crippen LogP contribution >= 0.6 is 45.3 Å². The van der Waals surface area contributed by atoms with Gasteiger partial charge in [0, 0.05) is 165 Å². The number of nitrogens with two attached hydrogens (primary N) is 4. The fraction of sp³-hybridized carbons (Fsp3) is 0.398. The smallest absolute Gasteiger partial charge is 0.238 e. The van der Waals surface area contributed by atoms with Gasteiger partial charge in [-0.3, -0.25) is 4.90 Å². The van der Waals surface area contributed by atoms with Gasteiger partial charge in [0.2, 0.25) is 40.1 Å². The summed E-state index contributed by atoms with van der Waals surface area (Å²) in [5.74, 6) is 6.77. The Balaban J connectivity index is 0.000000146. The van der Waals surface area contributed by atoms with Gasteiger partial charge >= 0.3 is 0 Å². The lowest BCUT2D eigenvalue weighted by Gasteiger charge is -2.39. The molecule has 2 atom stereocenters. The second kappa shape index (κ2) is 44.5. The van der Waals surface area contributed by atoms with Gasteiger partial charge in [-0.1, -0.05) is 0 Å². The van der Waals surface area contributed by atoms with Crippen LogP contribution in [-0.4, -0.2) is 210 Å². The number of benzene rings is 4. The minimum Gasteiger partial charge on any atom is -0.489 e. The first-order valence-corrected chi connectivity index (χ1v) is 54.7. The number of ether oxygens (including phenoxy) is 4. The van der Waals surface area contributed by atoms with E-state index in [-0.39, 0.29) is 55.6 Å². The number of pyridine rings is 4. The summed E-state index contributed by atoms with van der Waals surface area (Å²) in [6, 6.07) is 34.9. The number of piperazine rings is 3. The van der Waals surface area contributed by atoms with Crippen molar-refractivity contribution in [2.45, 2.75) is 176 Å². The number of hydrogen-bond donors (Lipinski definition) is 11. The van der Waals surface area contributed by atoms with Crippen molar-refractivity contribution in [3.8, 4) is 68.0 Å². The molecule has 4 saturated heterocycles. The van der Waals surface area contributed by atoms with E-state index in [0.29, 0.717) is 78.4 Å². The Morgan fingerprint density at radius 3 is 0.985 bits per heavy atom. The average molecular weight is 2020 g/mol. The van der Waals surface area contributed by atoms with E-state index in [2.05, 4.69) is 125 Å². The van der Waals surface area contributed by atoms with Crippen LogP contribution in [0.1, 0.15) is 109 Å². The third-order valence-electron chi connectivity index (χ3n) is 22.2. The number of nitrogens with zero attached hydrogens (tertiary/aromatic N) is 13. The maximum absolute atomic E-state index is 11.8. The molecule has 1 saturated carbocycles. The van der Waals surface area contributed by atoms with Gasteiger partial charge in [0.1, 0.15) is 46.3 Å². The minimum atomic E-state index is -3.86. The second-order valence-corrected chi connectivity index (χ2v) is 45.5. The third kappa shape index (κ3) is 28.9. The minimum absolute atomic E-state index is 0.000719. The first kappa shape index (κ1) is 102. The Bertz CT molecular complexity index is 6390. The van der Waals surface area contributed by atoms with Crippen LogP contribution in [0.2, 0.25) is 0 Å². The number of hydrogen-bond acceptors (Lipinski definition) is 36. The summed E-state index contributed by atoms with van der Waals surface area (Å²) in [5.41, 5.74) is 8.69. The Labute approximate surface area is 817 Å². The van der Waals surface area contributed by atoms with Crippen LogP contribution in [0.4, 0.5) is 66.5 Å². The summed E-state index contributed by atoms with van der Waals surface area (Å²) < 4.78 is 118. The van der Waals surface area contributed by atoms with Crippen molar-refractivity contribution in [2.75, 3.05) is 119 Å². The second-order valence-electron chi connectivity index (χ2n) is 35.8. The molecule has 1 aliphatic carbocycles. The third-order valence-corrected chi connectivity index (χ3v) is 28.9. The topological polar surface area (TPSA) is 489 Å². The van der Waals surface area contributed by atoms with Crippen LogP contribution in [-0.2, 0) is 40.1 Å². The van der Waals surface area contributed by atoms with Crippen molar-refractivity contribution >= 4 is 152 Å². The molecule has 44 heteroatoms. The molecule has 15 N–H and O–H groups in total. The Hall–Kier alpha value is -10.9. The lowest BCUT2D eigenvalue weighted by molar-refractivity contribution is 0.145. The Morgan fingerprint density at radius 2 is 0.708 bits per heavy atom. The average Bonchev–Trinajstić information content (AvgIpc) is 1.76. The summed E-state index contributed by atoms with van der Waals surface area (Å²) in [6.07, 6.45) is 11.0. The van der Waals surface area contributed by atoms with E-state index in [4.69, 9.17) is 44.5 Å². The van der Waals surface area contributed by atoms with Gasteiger partial charge in [-0.15, -0.1) is 45.3 Å². The number of sulfonamides is 4. The zero-order valence-electron chi connectivity index (χ0n) is 78.3. The molecular weight excluding hydrogens is 1900 g/mol. The van der Waals surface area contributed by atoms with E-state index in [0.717, 1.165) is 159 Å². The summed E-state index contributed by atoms with van der Waals surface area (Å²) in [5, 5.41) is 60.8. The predicted molar refractivity (Wildman–Crippen MR) is 546 cm³/mol. The molecule has 0 unspecified atom stereocenters. The molecule has 137 heavy (non-hydrogen) atoms. The monoisotopic (exact) mass is 2020 g/mol. The molecule has 732 valence electrons. The standard InChI is InChI=1S/C25H32N6O3S2.2C23H30N6O3S2.C22H27N5O4S2/c1-17(2)34-23-7-6-20(36(26,32)33)13-21(23)28-25-29-22(16-35-25)19-5-8-24(27-14-19)31-11-9-30(10-12-31)15-18-3-4-18;1-14(2)32-21-7-6-18(34(24,30)31)9-19(21)27-23-28-20(13-33-23)17-5-8-22(25-10-17)29-11-15(3)26-16(4)12-29;1-15(2)32-20-7-6-17(34(24,30)31)11-18(20)27-22-28-19(13-33-22)16-5-8-21(25-12-16)29-10-9-26-23(3,4)14-29;1-14(2)31-20-5-4-17(33(23,29)30)11-18(20)25-22-26-19(13-32-22)15-3-6-21(24-12-15)27-9-7-16(28)8-10-27/h5-8,13-14,16-18H,3-4,9-12,15H2,1-2H3,(H,28,29)(H2,26,32,33);5-10,13-16,26H,11-12H2,1-4H3,(H,27,28)(H2,24,30,31);5-8,11-13,15,26H,9-10,14H2,1-4H3,(H,27,28)(H2,24,30,31);3-6,11-14,16,28H,7-10H2,1-2H3,(H,25,26)(H2,23,29,30)/t;15-,16+;;. The van der Waals surface area contributed by atoms with Crippen molar-refractivity contribution in [3.05, 3.63) is 168 Å². The molecule has 12 heterocycles. The molecule has 4 aromatic carbocycles. The van der Waals surface area contributed by atoms with E-state index < -0.39 is 40.1 Å². The van der Waals surface area contributed by atoms with Gasteiger partial charge in [0.05, 0.1) is 95.6 Å². The number of nitrogens with one attached hydrogen (secondary N) is 6. The summed E-state index contributed by atoms with van der Waals surface area (Å²) in [7, 11) is -15.4. The molecule has 0 amide bonds. The van der Waals surface area contributed by atoms with Crippen molar-refractivity contribution in [2.24, 2.45) is 26.5 Å². The van der Waals surface area contributed by atoms with E-state index >= 15 is 0 Å². The first-order chi connectivity index (χ1) is 65.0. The highest BCUT2D eigenvalue weighted by Crippen LogP contribution is 2.41. The summed E-state index contributed by atoms with van der Waals surface area (Å²) >= 11 is 5.62. The highest BCUT2D eigenvalue weighted by Gasteiger charge is 2.31.